The van der Waals surface area contributed by atoms with E-state index < -0.39 is 0 Å². The molecule has 0 saturated heterocycles. The van der Waals surface area contributed by atoms with Crippen LogP contribution in [-0.2, 0) is 9.53 Å². The second kappa shape index (κ2) is 5.93. The van der Waals surface area contributed by atoms with Gasteiger partial charge in [0.25, 0.3) is 0 Å². The monoisotopic (exact) mass is 295 g/mol. The van der Waals surface area contributed by atoms with Crippen molar-refractivity contribution in [1.82, 2.24) is 0 Å². The first-order valence-electron chi connectivity index (χ1n) is 7.17. The number of anilines is 2. The molecule has 0 amide bonds. The molecule has 0 spiro atoms. The van der Waals surface area contributed by atoms with Gasteiger partial charge in [0.1, 0.15) is 0 Å². The first-order valence-corrected chi connectivity index (χ1v) is 7.17. The Morgan fingerprint density at radius 3 is 2.73 bits per heavy atom. The van der Waals surface area contributed by atoms with Crippen molar-refractivity contribution >= 4 is 23.4 Å². The molecule has 0 atom stereocenters. The van der Waals surface area contributed by atoms with Crippen molar-refractivity contribution in [2.45, 2.75) is 6.92 Å². The maximum absolute atomic E-state index is 11.2. The van der Waals surface area contributed by atoms with Crippen molar-refractivity contribution in [3.05, 3.63) is 54.1 Å². The zero-order chi connectivity index (χ0) is 15.5. The van der Waals surface area contributed by atoms with E-state index >= 15 is 0 Å². The Morgan fingerprint density at radius 2 is 1.95 bits per heavy atom. The van der Waals surface area contributed by atoms with Crippen LogP contribution in [0.4, 0.5) is 11.4 Å². The Kier molecular flexibility index (Phi) is 3.83. The molecule has 22 heavy (non-hydrogen) atoms. The molecule has 0 bridgehead atoms. The maximum atomic E-state index is 11.2. The highest BCUT2D eigenvalue weighted by Crippen LogP contribution is 2.46. The van der Waals surface area contributed by atoms with Gasteiger partial charge < -0.3 is 14.4 Å². The van der Waals surface area contributed by atoms with Crippen molar-refractivity contribution in [3.63, 3.8) is 0 Å². The van der Waals surface area contributed by atoms with E-state index in [2.05, 4.69) is 16.6 Å². The van der Waals surface area contributed by atoms with Crippen LogP contribution in [0.2, 0.25) is 0 Å². The molecule has 3 rings (SSSR count). The van der Waals surface area contributed by atoms with E-state index in [9.17, 15) is 4.79 Å². The van der Waals surface area contributed by atoms with Crippen molar-refractivity contribution in [1.29, 1.82) is 0 Å². The van der Waals surface area contributed by atoms with Crippen molar-refractivity contribution < 1.29 is 14.3 Å². The molecule has 112 valence electrons. The summed E-state index contributed by atoms with van der Waals surface area (Å²) >= 11 is 0. The highest BCUT2D eigenvalue weighted by Gasteiger charge is 2.22. The molecule has 2 aromatic carbocycles. The van der Waals surface area contributed by atoms with E-state index in [1.54, 1.807) is 6.08 Å². The lowest BCUT2D eigenvalue weighted by Crippen LogP contribution is -2.20. The fourth-order valence-electron chi connectivity index (χ4n) is 2.53. The fraction of sp³-hybridized carbons (Fsp3) is 0.167. The zero-order valence-corrected chi connectivity index (χ0v) is 12.6. The summed E-state index contributed by atoms with van der Waals surface area (Å²) in [5, 5.41) is 0. The molecular formula is C18H17NO3. The SMILES string of the molecule is CCN1c2ccccc2Oc2cc(/C=C/C(=O)OC)ccc21. The van der Waals surface area contributed by atoms with Crippen LogP contribution in [0.25, 0.3) is 6.08 Å². The molecular weight excluding hydrogens is 278 g/mol. The fourth-order valence-corrected chi connectivity index (χ4v) is 2.53. The number of rotatable bonds is 3. The molecule has 2 aromatic rings. The Hall–Kier alpha value is -2.75. The molecule has 1 heterocycles. The van der Waals surface area contributed by atoms with Crippen LogP contribution in [0.15, 0.2) is 48.5 Å². The zero-order valence-electron chi connectivity index (χ0n) is 12.6. The number of hydrogen-bond acceptors (Lipinski definition) is 4. The number of benzene rings is 2. The van der Waals surface area contributed by atoms with E-state index in [0.29, 0.717) is 0 Å². The first-order chi connectivity index (χ1) is 10.7. The molecule has 0 radical (unpaired) electrons. The van der Waals surface area contributed by atoms with E-state index in [1.165, 1.54) is 13.2 Å². The molecule has 0 saturated carbocycles. The Bertz CT molecular complexity index is 737. The average Bonchev–Trinajstić information content (AvgIpc) is 2.57. The molecule has 1 aliphatic rings. The second-order valence-electron chi connectivity index (χ2n) is 4.90. The first kappa shape index (κ1) is 14.2. The molecule has 4 heteroatoms. The Morgan fingerprint density at radius 1 is 1.18 bits per heavy atom. The number of fused-ring (bicyclic) bond motifs is 2. The summed E-state index contributed by atoms with van der Waals surface area (Å²) in [6.07, 6.45) is 3.11. The second-order valence-corrected chi connectivity index (χ2v) is 4.90. The topological polar surface area (TPSA) is 38.8 Å². The van der Waals surface area contributed by atoms with Gasteiger partial charge in [0.2, 0.25) is 0 Å². The van der Waals surface area contributed by atoms with Crippen LogP contribution in [0.1, 0.15) is 12.5 Å². The molecule has 0 aromatic heterocycles. The highest BCUT2D eigenvalue weighted by atomic mass is 16.5. The van der Waals surface area contributed by atoms with Gasteiger partial charge in [-0.3, -0.25) is 0 Å². The van der Waals surface area contributed by atoms with E-state index in [4.69, 9.17) is 4.74 Å². The van der Waals surface area contributed by atoms with Gasteiger partial charge in [-0.25, -0.2) is 4.79 Å². The van der Waals surface area contributed by atoms with Gasteiger partial charge in [-0.15, -0.1) is 0 Å². The highest BCUT2D eigenvalue weighted by molar-refractivity contribution is 5.87. The predicted octanol–water partition coefficient (Wildman–Crippen LogP) is 4.14. The van der Waals surface area contributed by atoms with Crippen molar-refractivity contribution in [2.24, 2.45) is 0 Å². The number of carbonyl (C=O) groups excluding carboxylic acids is 1. The number of carbonyl (C=O) groups is 1. The lowest BCUT2D eigenvalue weighted by Gasteiger charge is -2.32. The summed E-state index contributed by atoms with van der Waals surface area (Å²) in [6, 6.07) is 13.9. The molecule has 0 unspecified atom stereocenters. The number of esters is 1. The Labute approximate surface area is 129 Å². The molecule has 0 aliphatic carbocycles. The molecule has 0 N–H and O–H groups in total. The number of ether oxygens (including phenoxy) is 2. The minimum absolute atomic E-state index is 0.376. The lowest BCUT2D eigenvalue weighted by atomic mass is 10.1. The minimum atomic E-state index is -0.376. The van der Waals surface area contributed by atoms with Gasteiger partial charge >= 0.3 is 5.97 Å². The van der Waals surface area contributed by atoms with Crippen LogP contribution < -0.4 is 9.64 Å². The standard InChI is InChI=1S/C18H17NO3/c1-3-19-14-6-4-5-7-16(14)22-17-12-13(8-10-15(17)19)9-11-18(20)21-2/h4-12H,3H2,1-2H3/b11-9+. The van der Waals surface area contributed by atoms with Gasteiger partial charge in [-0.1, -0.05) is 18.2 Å². The third-order valence-corrected chi connectivity index (χ3v) is 3.58. The van der Waals surface area contributed by atoms with Crippen LogP contribution >= 0.6 is 0 Å². The maximum Gasteiger partial charge on any atom is 0.330 e. The third kappa shape index (κ3) is 2.55. The number of methoxy groups -OCH3 is 1. The van der Waals surface area contributed by atoms with E-state index in [0.717, 1.165) is 35.0 Å². The van der Waals surface area contributed by atoms with Gasteiger partial charge in [0.05, 0.1) is 18.5 Å². The van der Waals surface area contributed by atoms with Crippen molar-refractivity contribution in [2.75, 3.05) is 18.6 Å². The largest absolute Gasteiger partial charge is 0.466 e. The lowest BCUT2D eigenvalue weighted by molar-refractivity contribution is -0.134. The smallest absolute Gasteiger partial charge is 0.330 e. The summed E-state index contributed by atoms with van der Waals surface area (Å²) in [6.45, 7) is 2.96. The predicted molar refractivity (Wildman–Crippen MR) is 86.7 cm³/mol. The third-order valence-electron chi connectivity index (χ3n) is 3.58. The number of para-hydroxylation sites is 2. The average molecular weight is 295 g/mol. The van der Waals surface area contributed by atoms with Crippen LogP contribution in [0.3, 0.4) is 0 Å². The van der Waals surface area contributed by atoms with Crippen LogP contribution in [0, 0.1) is 0 Å². The van der Waals surface area contributed by atoms with Gasteiger partial charge in [-0.2, -0.15) is 0 Å². The summed E-state index contributed by atoms with van der Waals surface area (Å²) < 4.78 is 10.6. The molecule has 4 nitrogen and oxygen atoms in total. The van der Waals surface area contributed by atoms with Crippen LogP contribution in [0.5, 0.6) is 11.5 Å². The van der Waals surface area contributed by atoms with Gasteiger partial charge in [-0.05, 0) is 42.8 Å². The quantitative estimate of drug-likeness (QED) is 0.630. The van der Waals surface area contributed by atoms with E-state index in [1.807, 2.05) is 42.5 Å². The summed E-state index contributed by atoms with van der Waals surface area (Å²) in [5.74, 6) is 1.25. The van der Waals surface area contributed by atoms with Crippen LogP contribution in [-0.4, -0.2) is 19.6 Å². The normalized spacial score (nSPS) is 12.5. The number of hydrogen-bond donors (Lipinski definition) is 0. The summed E-state index contributed by atoms with van der Waals surface area (Å²) in [5.41, 5.74) is 2.98. The van der Waals surface area contributed by atoms with E-state index in [-0.39, 0.29) is 5.97 Å². The minimum Gasteiger partial charge on any atom is -0.466 e. The molecule has 1 aliphatic heterocycles. The summed E-state index contributed by atoms with van der Waals surface area (Å²) in [4.78, 5) is 13.4. The van der Waals surface area contributed by atoms with Gasteiger partial charge in [0, 0.05) is 12.6 Å². The molecule has 0 fully saturated rings. The Balaban J connectivity index is 1.97. The number of nitrogens with zero attached hydrogens (tertiary/aromatic N) is 1. The van der Waals surface area contributed by atoms with Crippen molar-refractivity contribution in [3.8, 4) is 11.5 Å². The van der Waals surface area contributed by atoms with Gasteiger partial charge in [0.15, 0.2) is 11.5 Å². The summed E-state index contributed by atoms with van der Waals surface area (Å²) in [7, 11) is 1.36.